The first-order valence-electron chi connectivity index (χ1n) is 9.50. The Labute approximate surface area is 157 Å². The fourth-order valence-corrected chi connectivity index (χ4v) is 4.23. The molecule has 0 aliphatic carbocycles. The first kappa shape index (κ1) is 22.1. The second kappa shape index (κ2) is 6.96. The topological polar surface area (TPSA) is 6.48 Å². The molecule has 1 aromatic carbocycles. The van der Waals surface area contributed by atoms with Crippen LogP contribution in [0.3, 0.4) is 0 Å². The summed E-state index contributed by atoms with van der Waals surface area (Å²) in [5.74, 6) is 0. The molecule has 0 aliphatic rings. The number of nitrogens with zero attached hydrogens (tertiary/aromatic N) is 2. The molecule has 0 aromatic heterocycles. The van der Waals surface area contributed by atoms with Crippen molar-refractivity contribution in [3.05, 3.63) is 42.1 Å². The summed E-state index contributed by atoms with van der Waals surface area (Å²) in [6.45, 7) is 27.7. The van der Waals surface area contributed by atoms with Crippen LogP contribution < -0.4 is 0 Å². The van der Waals surface area contributed by atoms with Crippen LogP contribution in [0.25, 0.3) is 0 Å². The Balaban J connectivity index is 3.75. The van der Waals surface area contributed by atoms with E-state index < -0.39 is 0 Å². The van der Waals surface area contributed by atoms with Crippen LogP contribution in [0.2, 0.25) is 0 Å². The van der Waals surface area contributed by atoms with E-state index in [9.17, 15) is 0 Å². The third kappa shape index (κ3) is 5.49. The van der Waals surface area contributed by atoms with Gasteiger partial charge in [-0.05, 0) is 89.3 Å². The smallest absolute Gasteiger partial charge is 0.00716 e. The SMILES string of the molecule is CC(C)(C)N([C-](c1ccccc1)N(C(C)(C)C)C(C)(C)C)C(C)(C)C. The van der Waals surface area contributed by atoms with Crippen LogP contribution in [-0.2, 0) is 0 Å². The van der Waals surface area contributed by atoms with Gasteiger partial charge in [0.1, 0.15) is 0 Å². The first-order valence-corrected chi connectivity index (χ1v) is 9.50. The summed E-state index contributed by atoms with van der Waals surface area (Å²) in [4.78, 5) is 5.18. The van der Waals surface area contributed by atoms with Crippen molar-refractivity contribution in [1.82, 2.24) is 9.80 Å². The Morgan fingerprint density at radius 3 is 1.04 bits per heavy atom. The van der Waals surface area contributed by atoms with Crippen molar-refractivity contribution in [1.29, 1.82) is 0 Å². The Morgan fingerprint density at radius 2 is 0.800 bits per heavy atom. The molecule has 2 heteroatoms. The molecule has 0 saturated carbocycles. The maximum atomic E-state index is 2.59. The predicted octanol–water partition coefficient (Wildman–Crippen LogP) is 6.32. The second-order valence-electron chi connectivity index (χ2n) is 11.0. The summed E-state index contributed by atoms with van der Waals surface area (Å²) < 4.78 is 0. The summed E-state index contributed by atoms with van der Waals surface area (Å²) in [6, 6.07) is 10.9. The zero-order valence-electron chi connectivity index (χ0n) is 18.8. The average molecular weight is 346 g/mol. The van der Waals surface area contributed by atoms with Crippen LogP contribution in [-0.4, -0.2) is 32.0 Å². The average Bonchev–Trinajstić information content (AvgIpc) is 2.32. The van der Waals surface area contributed by atoms with E-state index >= 15 is 0 Å². The third-order valence-corrected chi connectivity index (χ3v) is 4.14. The van der Waals surface area contributed by atoms with Crippen LogP contribution in [0.1, 0.15) is 88.6 Å². The minimum absolute atomic E-state index is 0.00181. The lowest BCUT2D eigenvalue weighted by molar-refractivity contribution is -0.0600. The lowest BCUT2D eigenvalue weighted by Crippen LogP contribution is -2.65. The van der Waals surface area contributed by atoms with Crippen molar-refractivity contribution >= 4 is 0 Å². The van der Waals surface area contributed by atoms with Gasteiger partial charge in [0, 0.05) is 22.2 Å². The van der Waals surface area contributed by atoms with Crippen LogP contribution in [0.5, 0.6) is 0 Å². The normalized spacial score (nSPS) is 14.3. The molecule has 0 atom stereocenters. The molecular weight excluding hydrogens is 304 g/mol. The van der Waals surface area contributed by atoms with Gasteiger partial charge < -0.3 is 9.80 Å². The zero-order chi connectivity index (χ0) is 19.8. The third-order valence-electron chi connectivity index (χ3n) is 4.14. The lowest BCUT2D eigenvalue weighted by atomic mass is 9.87. The van der Waals surface area contributed by atoms with Gasteiger partial charge in [0.05, 0.1) is 0 Å². The van der Waals surface area contributed by atoms with Gasteiger partial charge in [-0.25, -0.2) is 0 Å². The molecule has 0 spiro atoms. The second-order valence-corrected chi connectivity index (χ2v) is 11.0. The van der Waals surface area contributed by atoms with Gasteiger partial charge >= 0.3 is 0 Å². The highest BCUT2D eigenvalue weighted by molar-refractivity contribution is 5.32. The maximum absolute atomic E-state index is 2.59. The van der Waals surface area contributed by atoms with Crippen LogP contribution >= 0.6 is 0 Å². The number of rotatable bonds is 3. The summed E-state index contributed by atoms with van der Waals surface area (Å²) in [5, 5.41) is 0. The summed E-state index contributed by atoms with van der Waals surface area (Å²) in [7, 11) is 0. The van der Waals surface area contributed by atoms with E-state index in [1.807, 2.05) is 0 Å². The van der Waals surface area contributed by atoms with E-state index in [4.69, 9.17) is 0 Å². The van der Waals surface area contributed by atoms with Gasteiger partial charge in [-0.15, -0.1) is 12.1 Å². The van der Waals surface area contributed by atoms with Crippen LogP contribution in [0.15, 0.2) is 30.3 Å². The van der Waals surface area contributed by atoms with E-state index in [1.165, 1.54) is 11.7 Å². The highest BCUT2D eigenvalue weighted by atomic mass is 15.4. The van der Waals surface area contributed by atoms with Crippen LogP contribution in [0, 0.1) is 6.17 Å². The van der Waals surface area contributed by atoms with Crippen molar-refractivity contribution < 1.29 is 0 Å². The lowest BCUT2D eigenvalue weighted by Gasteiger charge is -2.63. The first-order chi connectivity index (χ1) is 11.0. The van der Waals surface area contributed by atoms with Crippen LogP contribution in [0.4, 0.5) is 0 Å². The van der Waals surface area contributed by atoms with Gasteiger partial charge in [-0.2, -0.15) is 17.7 Å². The highest BCUT2D eigenvalue weighted by Gasteiger charge is 2.42. The Bertz CT molecular complexity index is 473. The number of hydrogen-bond donors (Lipinski definition) is 0. The molecular formula is C23H41N2-. The molecule has 0 radical (unpaired) electrons. The molecule has 0 bridgehead atoms. The molecule has 1 aromatic rings. The van der Waals surface area contributed by atoms with E-state index in [1.54, 1.807) is 0 Å². The largest absolute Gasteiger partial charge is 0.308 e. The summed E-state index contributed by atoms with van der Waals surface area (Å²) in [5.41, 5.74) is 1.27. The Kier molecular flexibility index (Phi) is 6.14. The van der Waals surface area contributed by atoms with Gasteiger partial charge in [0.2, 0.25) is 0 Å². The maximum Gasteiger partial charge on any atom is 0.00716 e. The molecule has 0 unspecified atom stereocenters. The fourth-order valence-electron chi connectivity index (χ4n) is 4.23. The minimum Gasteiger partial charge on any atom is -0.308 e. The van der Waals surface area contributed by atoms with E-state index in [2.05, 4.69) is 123 Å². The molecule has 0 fully saturated rings. The predicted molar refractivity (Wildman–Crippen MR) is 111 cm³/mol. The van der Waals surface area contributed by atoms with E-state index in [-0.39, 0.29) is 22.2 Å². The van der Waals surface area contributed by atoms with Gasteiger partial charge in [-0.3, -0.25) is 0 Å². The monoisotopic (exact) mass is 345 g/mol. The quantitative estimate of drug-likeness (QED) is 0.591. The van der Waals surface area contributed by atoms with Gasteiger partial charge in [0.15, 0.2) is 0 Å². The fraction of sp³-hybridized carbons (Fsp3) is 0.696. The summed E-state index contributed by atoms with van der Waals surface area (Å²) in [6.07, 6.45) is 1.31. The molecule has 144 valence electrons. The van der Waals surface area contributed by atoms with E-state index in [0.717, 1.165) is 0 Å². The van der Waals surface area contributed by atoms with Gasteiger partial charge in [0.25, 0.3) is 0 Å². The number of benzene rings is 1. The molecule has 0 saturated heterocycles. The molecule has 0 heterocycles. The van der Waals surface area contributed by atoms with Crippen molar-refractivity contribution in [3.63, 3.8) is 0 Å². The van der Waals surface area contributed by atoms with Crippen molar-refractivity contribution in [2.75, 3.05) is 0 Å². The minimum atomic E-state index is -0.00181. The molecule has 0 N–H and O–H groups in total. The Morgan fingerprint density at radius 1 is 0.520 bits per heavy atom. The molecule has 0 aliphatic heterocycles. The molecule has 1 rings (SSSR count). The van der Waals surface area contributed by atoms with Crippen molar-refractivity contribution in [2.45, 2.75) is 105 Å². The Hall–Kier alpha value is -0.990. The number of hydrogen-bond acceptors (Lipinski definition) is 2. The van der Waals surface area contributed by atoms with E-state index in [0.29, 0.717) is 0 Å². The van der Waals surface area contributed by atoms with Crippen molar-refractivity contribution in [2.24, 2.45) is 0 Å². The zero-order valence-corrected chi connectivity index (χ0v) is 18.8. The highest BCUT2D eigenvalue weighted by Crippen LogP contribution is 2.43. The standard InChI is InChI=1S/C23H41N2/c1-20(2,3)24(21(4,5)6)19(18-16-14-13-15-17-18)25(22(7,8)9)23(10,11)12/h13-17H,1-12H3/q-1. The molecule has 0 amide bonds. The molecule has 25 heavy (non-hydrogen) atoms. The van der Waals surface area contributed by atoms with Gasteiger partial charge in [-0.1, -0.05) is 6.07 Å². The molecule has 2 nitrogen and oxygen atoms in total. The summed E-state index contributed by atoms with van der Waals surface area (Å²) >= 11 is 0. The van der Waals surface area contributed by atoms with Crippen molar-refractivity contribution in [3.8, 4) is 0 Å².